The van der Waals surface area contributed by atoms with Gasteiger partial charge in [-0.05, 0) is 25.6 Å². The SMILES string of the molecule is CCNCc1c(F)cccc1N(C)CC(C)O. The lowest BCUT2D eigenvalue weighted by atomic mass is 10.1. The standard InChI is InChI=1S/C13H21FN2O/c1-4-15-8-11-12(14)6-5-7-13(11)16(3)9-10(2)17/h5-7,10,15,17H,4,8-9H2,1-3H3. The third-order valence-corrected chi connectivity index (χ3v) is 2.60. The summed E-state index contributed by atoms with van der Waals surface area (Å²) >= 11 is 0. The van der Waals surface area contributed by atoms with Crippen molar-refractivity contribution in [1.29, 1.82) is 0 Å². The van der Waals surface area contributed by atoms with Crippen molar-refractivity contribution in [3.8, 4) is 0 Å². The maximum absolute atomic E-state index is 13.7. The van der Waals surface area contributed by atoms with Gasteiger partial charge in [-0.15, -0.1) is 0 Å². The zero-order valence-corrected chi connectivity index (χ0v) is 10.7. The average Bonchev–Trinajstić information content (AvgIpc) is 2.26. The lowest BCUT2D eigenvalue weighted by Crippen LogP contribution is -2.28. The Hall–Kier alpha value is -1.13. The van der Waals surface area contributed by atoms with Crippen molar-refractivity contribution in [2.75, 3.05) is 25.0 Å². The highest BCUT2D eigenvalue weighted by Gasteiger charge is 2.12. The summed E-state index contributed by atoms with van der Waals surface area (Å²) in [6, 6.07) is 5.03. The van der Waals surface area contributed by atoms with Gasteiger partial charge in [0.25, 0.3) is 0 Å². The van der Waals surface area contributed by atoms with Crippen LogP contribution in [-0.2, 0) is 6.54 Å². The molecule has 0 aliphatic heterocycles. The molecule has 96 valence electrons. The largest absolute Gasteiger partial charge is 0.392 e. The van der Waals surface area contributed by atoms with E-state index in [9.17, 15) is 9.50 Å². The number of aliphatic hydroxyl groups excluding tert-OH is 1. The Bertz CT molecular complexity index is 355. The topological polar surface area (TPSA) is 35.5 Å². The minimum Gasteiger partial charge on any atom is -0.392 e. The summed E-state index contributed by atoms with van der Waals surface area (Å²) in [7, 11) is 1.86. The van der Waals surface area contributed by atoms with Crippen LogP contribution in [0.1, 0.15) is 19.4 Å². The third kappa shape index (κ3) is 3.98. The predicted molar refractivity (Wildman–Crippen MR) is 68.7 cm³/mol. The highest BCUT2D eigenvalue weighted by molar-refractivity contribution is 5.53. The first kappa shape index (κ1) is 13.9. The first-order valence-electron chi connectivity index (χ1n) is 5.93. The first-order valence-corrected chi connectivity index (χ1v) is 5.93. The molecule has 0 heterocycles. The van der Waals surface area contributed by atoms with E-state index >= 15 is 0 Å². The van der Waals surface area contributed by atoms with Crippen molar-refractivity contribution in [3.63, 3.8) is 0 Å². The van der Waals surface area contributed by atoms with Crippen LogP contribution in [0.2, 0.25) is 0 Å². The van der Waals surface area contributed by atoms with Crippen LogP contribution in [0.3, 0.4) is 0 Å². The van der Waals surface area contributed by atoms with Crippen LogP contribution in [0, 0.1) is 5.82 Å². The zero-order valence-electron chi connectivity index (χ0n) is 10.7. The molecule has 1 unspecified atom stereocenters. The molecule has 0 radical (unpaired) electrons. The number of halogens is 1. The quantitative estimate of drug-likeness (QED) is 0.795. The molecule has 0 aliphatic rings. The van der Waals surface area contributed by atoms with Crippen LogP contribution in [0.25, 0.3) is 0 Å². The summed E-state index contributed by atoms with van der Waals surface area (Å²) in [4.78, 5) is 1.88. The number of rotatable bonds is 6. The second-order valence-corrected chi connectivity index (χ2v) is 4.25. The molecule has 0 bridgehead atoms. The van der Waals surface area contributed by atoms with E-state index in [1.807, 2.05) is 24.9 Å². The van der Waals surface area contributed by atoms with Gasteiger partial charge in [-0.25, -0.2) is 4.39 Å². The van der Waals surface area contributed by atoms with Crippen molar-refractivity contribution >= 4 is 5.69 Å². The van der Waals surface area contributed by atoms with Crippen LogP contribution in [0.5, 0.6) is 0 Å². The molecule has 0 aliphatic carbocycles. The second kappa shape index (κ2) is 6.57. The Morgan fingerprint density at radius 1 is 1.47 bits per heavy atom. The summed E-state index contributed by atoms with van der Waals surface area (Å²) in [5.41, 5.74) is 1.48. The number of nitrogens with zero attached hydrogens (tertiary/aromatic N) is 1. The molecule has 0 fully saturated rings. The monoisotopic (exact) mass is 240 g/mol. The molecule has 0 amide bonds. The number of nitrogens with one attached hydrogen (secondary N) is 1. The number of hydrogen-bond acceptors (Lipinski definition) is 3. The number of aliphatic hydroxyl groups is 1. The molecule has 0 spiro atoms. The van der Waals surface area contributed by atoms with Gasteiger partial charge < -0.3 is 15.3 Å². The second-order valence-electron chi connectivity index (χ2n) is 4.25. The summed E-state index contributed by atoms with van der Waals surface area (Å²) in [5.74, 6) is -0.208. The van der Waals surface area contributed by atoms with Crippen LogP contribution in [-0.4, -0.2) is 31.3 Å². The fraction of sp³-hybridized carbons (Fsp3) is 0.538. The molecule has 2 N–H and O–H groups in total. The molecular formula is C13H21FN2O. The van der Waals surface area contributed by atoms with Crippen LogP contribution in [0.15, 0.2) is 18.2 Å². The molecular weight excluding hydrogens is 219 g/mol. The number of anilines is 1. The van der Waals surface area contributed by atoms with E-state index in [0.29, 0.717) is 18.7 Å². The normalized spacial score (nSPS) is 12.5. The van der Waals surface area contributed by atoms with Crippen molar-refractivity contribution < 1.29 is 9.50 Å². The van der Waals surface area contributed by atoms with E-state index in [1.165, 1.54) is 6.07 Å². The van der Waals surface area contributed by atoms with Gasteiger partial charge in [0.2, 0.25) is 0 Å². The molecule has 3 nitrogen and oxygen atoms in total. The maximum atomic E-state index is 13.7. The van der Waals surface area contributed by atoms with Gasteiger partial charge >= 0.3 is 0 Å². The minimum atomic E-state index is -0.435. The smallest absolute Gasteiger partial charge is 0.129 e. The third-order valence-electron chi connectivity index (χ3n) is 2.60. The predicted octanol–water partition coefficient (Wildman–Crippen LogP) is 1.75. The lowest BCUT2D eigenvalue weighted by molar-refractivity contribution is 0.201. The van der Waals surface area contributed by atoms with Gasteiger partial charge in [0.15, 0.2) is 0 Å². The van der Waals surface area contributed by atoms with Crippen molar-refractivity contribution in [1.82, 2.24) is 5.32 Å². The van der Waals surface area contributed by atoms with E-state index in [2.05, 4.69) is 5.32 Å². The molecule has 0 saturated carbocycles. The fourth-order valence-corrected chi connectivity index (χ4v) is 1.82. The van der Waals surface area contributed by atoms with Gasteiger partial charge in [0.1, 0.15) is 5.82 Å². The zero-order chi connectivity index (χ0) is 12.8. The van der Waals surface area contributed by atoms with E-state index in [0.717, 1.165) is 12.2 Å². The Morgan fingerprint density at radius 2 is 2.18 bits per heavy atom. The fourth-order valence-electron chi connectivity index (χ4n) is 1.82. The van der Waals surface area contributed by atoms with Gasteiger partial charge in [-0.3, -0.25) is 0 Å². The summed E-state index contributed by atoms with van der Waals surface area (Å²) in [6.45, 7) is 5.50. The van der Waals surface area contributed by atoms with Crippen LogP contribution >= 0.6 is 0 Å². The number of benzene rings is 1. The molecule has 1 aromatic carbocycles. The van der Waals surface area contributed by atoms with Gasteiger partial charge in [0, 0.05) is 31.4 Å². The number of hydrogen-bond donors (Lipinski definition) is 2. The molecule has 1 atom stereocenters. The van der Waals surface area contributed by atoms with Crippen LogP contribution in [0.4, 0.5) is 10.1 Å². The van der Waals surface area contributed by atoms with Gasteiger partial charge in [-0.1, -0.05) is 13.0 Å². The first-order chi connectivity index (χ1) is 8.06. The Kier molecular flexibility index (Phi) is 5.38. The molecule has 0 saturated heterocycles. The van der Waals surface area contributed by atoms with E-state index < -0.39 is 6.10 Å². The highest BCUT2D eigenvalue weighted by atomic mass is 19.1. The maximum Gasteiger partial charge on any atom is 0.129 e. The summed E-state index contributed by atoms with van der Waals surface area (Å²) in [5, 5.41) is 12.5. The van der Waals surface area contributed by atoms with E-state index in [-0.39, 0.29) is 5.82 Å². The molecule has 17 heavy (non-hydrogen) atoms. The average molecular weight is 240 g/mol. The highest BCUT2D eigenvalue weighted by Crippen LogP contribution is 2.22. The van der Waals surface area contributed by atoms with E-state index in [1.54, 1.807) is 13.0 Å². The molecule has 1 aromatic rings. The lowest BCUT2D eigenvalue weighted by Gasteiger charge is -2.24. The van der Waals surface area contributed by atoms with Crippen molar-refractivity contribution in [2.45, 2.75) is 26.5 Å². The van der Waals surface area contributed by atoms with E-state index in [4.69, 9.17) is 0 Å². The van der Waals surface area contributed by atoms with Gasteiger partial charge in [0.05, 0.1) is 6.10 Å². The Morgan fingerprint density at radius 3 is 2.76 bits per heavy atom. The number of likely N-dealkylation sites (N-methyl/N-ethyl adjacent to an activating group) is 1. The minimum absolute atomic E-state index is 0.208. The molecule has 4 heteroatoms. The van der Waals surface area contributed by atoms with Crippen molar-refractivity contribution in [3.05, 3.63) is 29.6 Å². The summed E-state index contributed by atoms with van der Waals surface area (Å²) in [6.07, 6.45) is -0.435. The van der Waals surface area contributed by atoms with Crippen molar-refractivity contribution in [2.24, 2.45) is 0 Å². The Labute approximate surface area is 102 Å². The molecule has 0 aromatic heterocycles. The summed E-state index contributed by atoms with van der Waals surface area (Å²) < 4.78 is 13.7. The molecule has 1 rings (SSSR count). The van der Waals surface area contributed by atoms with Gasteiger partial charge in [-0.2, -0.15) is 0 Å². The Balaban J connectivity index is 2.92. The van der Waals surface area contributed by atoms with Crippen LogP contribution < -0.4 is 10.2 Å².